The van der Waals surface area contributed by atoms with Crippen molar-refractivity contribution in [3.63, 3.8) is 0 Å². The molecule has 2 amide bonds. The molecular formula is C26H37FN2O4. The highest BCUT2D eigenvalue weighted by Gasteiger charge is 2.52. The third-order valence-corrected chi connectivity index (χ3v) is 7.04. The van der Waals surface area contributed by atoms with Gasteiger partial charge in [0.05, 0.1) is 11.8 Å². The molecule has 0 radical (unpaired) electrons. The van der Waals surface area contributed by atoms with E-state index in [4.69, 9.17) is 5.11 Å². The van der Waals surface area contributed by atoms with Crippen LogP contribution >= 0.6 is 0 Å². The molecule has 33 heavy (non-hydrogen) atoms. The van der Waals surface area contributed by atoms with Crippen molar-refractivity contribution in [1.82, 2.24) is 9.80 Å². The minimum absolute atomic E-state index is 0.0263. The van der Waals surface area contributed by atoms with E-state index in [1.165, 1.54) is 6.07 Å². The normalized spacial score (nSPS) is 20.7. The first kappa shape index (κ1) is 25.2. The van der Waals surface area contributed by atoms with Gasteiger partial charge in [-0.15, -0.1) is 0 Å². The van der Waals surface area contributed by atoms with Crippen LogP contribution in [0.25, 0.3) is 0 Å². The molecule has 1 N–H and O–H groups in total. The Morgan fingerprint density at radius 1 is 1.21 bits per heavy atom. The van der Waals surface area contributed by atoms with E-state index in [2.05, 4.69) is 13.8 Å². The van der Waals surface area contributed by atoms with Gasteiger partial charge in [0.1, 0.15) is 5.82 Å². The van der Waals surface area contributed by atoms with Crippen molar-refractivity contribution >= 4 is 17.8 Å². The highest BCUT2D eigenvalue weighted by Crippen LogP contribution is 2.46. The van der Waals surface area contributed by atoms with Crippen molar-refractivity contribution < 1.29 is 23.9 Å². The molecular weight excluding hydrogens is 423 g/mol. The molecule has 0 saturated carbocycles. The lowest BCUT2D eigenvalue weighted by Crippen LogP contribution is -2.47. The summed E-state index contributed by atoms with van der Waals surface area (Å²) in [5.74, 6) is -0.721. The van der Waals surface area contributed by atoms with Crippen LogP contribution in [-0.2, 0) is 20.8 Å². The van der Waals surface area contributed by atoms with Gasteiger partial charge in [0, 0.05) is 32.1 Å². The second kappa shape index (κ2) is 9.82. The minimum Gasteiger partial charge on any atom is -0.481 e. The third-order valence-electron chi connectivity index (χ3n) is 7.04. The Labute approximate surface area is 196 Å². The zero-order valence-electron chi connectivity index (χ0n) is 20.3. The number of rotatable bonds is 8. The Bertz CT molecular complexity index is 890. The lowest BCUT2D eigenvalue weighted by molar-refractivity contribution is -0.145. The Kier molecular flexibility index (Phi) is 7.49. The minimum atomic E-state index is -0.906. The van der Waals surface area contributed by atoms with Gasteiger partial charge >= 0.3 is 5.97 Å². The second-order valence-electron chi connectivity index (χ2n) is 11.1. The molecule has 1 aromatic rings. The SMILES string of the molecule is CC(C)CN1C(=O)C2(CCN(C(=O)CC(C)(C)CC(=O)O)CC2)C[C@H]1Cc1cccc(F)c1. The Morgan fingerprint density at radius 3 is 2.45 bits per heavy atom. The number of hydrogen-bond donors (Lipinski definition) is 1. The molecule has 2 fully saturated rings. The first-order valence-corrected chi connectivity index (χ1v) is 12.0. The standard InChI is InChI=1S/C26H37FN2O4/c1-18(2)17-29-21(13-19-6-5-7-20(27)12-19)14-26(24(29)33)8-10-28(11-9-26)22(30)15-25(3,4)16-23(31)32/h5-7,12,18,21H,8-11,13-17H2,1-4H3,(H,31,32)/t21-/m1/s1. The summed E-state index contributed by atoms with van der Waals surface area (Å²) in [6, 6.07) is 6.62. The molecule has 0 aromatic heterocycles. The largest absolute Gasteiger partial charge is 0.481 e. The van der Waals surface area contributed by atoms with Crippen LogP contribution in [0.15, 0.2) is 24.3 Å². The van der Waals surface area contributed by atoms with Crippen LogP contribution in [0, 0.1) is 22.6 Å². The number of carboxylic acid groups (broad SMARTS) is 1. The van der Waals surface area contributed by atoms with E-state index in [0.29, 0.717) is 44.8 Å². The fourth-order valence-corrected chi connectivity index (χ4v) is 5.46. The van der Waals surface area contributed by atoms with Gasteiger partial charge in [-0.3, -0.25) is 14.4 Å². The van der Waals surface area contributed by atoms with Crippen molar-refractivity contribution in [3.05, 3.63) is 35.6 Å². The average molecular weight is 461 g/mol. The number of benzene rings is 1. The smallest absolute Gasteiger partial charge is 0.303 e. The van der Waals surface area contributed by atoms with Gasteiger partial charge in [0.2, 0.25) is 11.8 Å². The number of carbonyl (C=O) groups is 3. The molecule has 0 aliphatic carbocycles. The fourth-order valence-electron chi connectivity index (χ4n) is 5.46. The summed E-state index contributed by atoms with van der Waals surface area (Å²) in [7, 11) is 0. The van der Waals surface area contributed by atoms with Crippen molar-refractivity contribution in [3.8, 4) is 0 Å². The molecule has 2 aliphatic heterocycles. The Morgan fingerprint density at radius 2 is 1.88 bits per heavy atom. The second-order valence-corrected chi connectivity index (χ2v) is 11.1. The van der Waals surface area contributed by atoms with E-state index in [0.717, 1.165) is 12.0 Å². The number of aliphatic carboxylic acids is 1. The van der Waals surface area contributed by atoms with Crippen molar-refractivity contribution in [2.24, 2.45) is 16.7 Å². The van der Waals surface area contributed by atoms with Crippen LogP contribution in [0.5, 0.6) is 0 Å². The number of carboxylic acids is 1. The molecule has 2 saturated heterocycles. The van der Waals surface area contributed by atoms with Crippen LogP contribution in [0.3, 0.4) is 0 Å². The van der Waals surface area contributed by atoms with E-state index in [-0.39, 0.29) is 36.5 Å². The maximum Gasteiger partial charge on any atom is 0.303 e. The number of carbonyl (C=O) groups excluding carboxylic acids is 2. The van der Waals surface area contributed by atoms with Gasteiger partial charge in [-0.1, -0.05) is 39.8 Å². The maximum absolute atomic E-state index is 13.7. The van der Waals surface area contributed by atoms with Gasteiger partial charge in [-0.05, 0) is 54.7 Å². The Balaban J connectivity index is 1.69. The first-order chi connectivity index (χ1) is 15.4. The zero-order valence-corrected chi connectivity index (χ0v) is 20.3. The number of nitrogens with zero attached hydrogens (tertiary/aromatic N) is 2. The summed E-state index contributed by atoms with van der Waals surface area (Å²) in [6.45, 7) is 9.48. The zero-order chi connectivity index (χ0) is 24.4. The lowest BCUT2D eigenvalue weighted by Gasteiger charge is -2.39. The van der Waals surface area contributed by atoms with Gasteiger partial charge in [0.25, 0.3) is 0 Å². The van der Waals surface area contributed by atoms with E-state index < -0.39 is 16.8 Å². The molecule has 6 nitrogen and oxygen atoms in total. The molecule has 2 heterocycles. The predicted octanol–water partition coefficient (Wildman–Crippen LogP) is 4.12. The van der Waals surface area contributed by atoms with Gasteiger partial charge in [-0.2, -0.15) is 0 Å². The fraction of sp³-hybridized carbons (Fsp3) is 0.654. The molecule has 1 spiro atoms. The van der Waals surface area contributed by atoms with E-state index in [1.54, 1.807) is 30.9 Å². The molecule has 0 bridgehead atoms. The molecule has 1 aromatic carbocycles. The monoisotopic (exact) mass is 460 g/mol. The van der Waals surface area contributed by atoms with Crippen LogP contribution in [0.4, 0.5) is 4.39 Å². The summed E-state index contributed by atoms with van der Waals surface area (Å²) in [5.41, 5.74) is -0.183. The van der Waals surface area contributed by atoms with Crippen molar-refractivity contribution in [2.45, 2.75) is 72.3 Å². The van der Waals surface area contributed by atoms with E-state index in [9.17, 15) is 18.8 Å². The number of hydrogen-bond acceptors (Lipinski definition) is 3. The van der Waals surface area contributed by atoms with Crippen LogP contribution < -0.4 is 0 Å². The van der Waals surface area contributed by atoms with Crippen molar-refractivity contribution in [2.75, 3.05) is 19.6 Å². The van der Waals surface area contributed by atoms with Crippen molar-refractivity contribution in [1.29, 1.82) is 0 Å². The topological polar surface area (TPSA) is 77.9 Å². The lowest BCUT2D eigenvalue weighted by atomic mass is 9.75. The van der Waals surface area contributed by atoms with Gasteiger partial charge in [0.15, 0.2) is 0 Å². The van der Waals surface area contributed by atoms with E-state index in [1.807, 2.05) is 11.0 Å². The van der Waals surface area contributed by atoms with Gasteiger partial charge < -0.3 is 14.9 Å². The maximum atomic E-state index is 13.7. The number of amides is 2. The summed E-state index contributed by atoms with van der Waals surface area (Å²) in [4.78, 5) is 41.3. The average Bonchev–Trinajstić information content (AvgIpc) is 2.92. The molecule has 2 aliphatic rings. The number of piperidine rings is 1. The summed E-state index contributed by atoms with van der Waals surface area (Å²) in [5, 5.41) is 9.09. The molecule has 3 rings (SSSR count). The molecule has 0 unspecified atom stereocenters. The molecule has 182 valence electrons. The van der Waals surface area contributed by atoms with Crippen LogP contribution in [0.1, 0.15) is 65.4 Å². The summed E-state index contributed by atoms with van der Waals surface area (Å²) < 4.78 is 13.7. The van der Waals surface area contributed by atoms with Crippen LogP contribution in [0.2, 0.25) is 0 Å². The van der Waals surface area contributed by atoms with E-state index >= 15 is 0 Å². The highest BCUT2D eigenvalue weighted by molar-refractivity contribution is 5.86. The predicted molar refractivity (Wildman–Crippen MR) is 124 cm³/mol. The summed E-state index contributed by atoms with van der Waals surface area (Å²) >= 11 is 0. The summed E-state index contributed by atoms with van der Waals surface area (Å²) in [6.07, 6.45) is 2.71. The first-order valence-electron chi connectivity index (χ1n) is 12.0. The van der Waals surface area contributed by atoms with Crippen LogP contribution in [-0.4, -0.2) is 58.4 Å². The Hall–Kier alpha value is -2.44. The number of halogens is 1. The number of likely N-dealkylation sites (tertiary alicyclic amines) is 2. The molecule has 1 atom stereocenters. The molecule has 7 heteroatoms. The third kappa shape index (κ3) is 6.12. The highest BCUT2D eigenvalue weighted by atomic mass is 19.1. The quantitative estimate of drug-likeness (QED) is 0.633. The van der Waals surface area contributed by atoms with Gasteiger partial charge in [-0.25, -0.2) is 4.39 Å².